The molecule has 0 N–H and O–H groups in total. The predicted octanol–water partition coefficient (Wildman–Crippen LogP) is 14.5. The number of furan rings is 2. The van der Waals surface area contributed by atoms with Crippen LogP contribution in [-0.2, 0) is 0 Å². The Labute approximate surface area is 299 Å². The van der Waals surface area contributed by atoms with E-state index >= 15 is 0 Å². The van der Waals surface area contributed by atoms with Gasteiger partial charge in [0.1, 0.15) is 16.7 Å². The maximum atomic E-state index is 6.69. The summed E-state index contributed by atoms with van der Waals surface area (Å²) in [6, 6.07) is 63.1. The summed E-state index contributed by atoms with van der Waals surface area (Å²) in [5.41, 5.74) is 12.0. The third-order valence-electron chi connectivity index (χ3n) is 10.7. The summed E-state index contributed by atoms with van der Waals surface area (Å²) < 4.78 is 12.9. The van der Waals surface area contributed by atoms with Crippen molar-refractivity contribution in [3.05, 3.63) is 182 Å². The molecule has 0 atom stereocenters. The molecule has 0 aliphatic heterocycles. The first-order valence-electron chi connectivity index (χ1n) is 17.7. The minimum absolute atomic E-state index is 0.852. The fourth-order valence-electron chi connectivity index (χ4n) is 8.33. The Balaban J connectivity index is 1.11. The van der Waals surface area contributed by atoms with Crippen LogP contribution in [0.1, 0.15) is 0 Å². The molecule has 0 spiro atoms. The first kappa shape index (κ1) is 28.9. The van der Waals surface area contributed by atoms with Crippen LogP contribution in [-0.4, -0.2) is 0 Å². The summed E-state index contributed by atoms with van der Waals surface area (Å²) in [4.78, 5) is 0. The topological polar surface area (TPSA) is 26.3 Å². The third kappa shape index (κ3) is 4.38. The van der Waals surface area contributed by atoms with Gasteiger partial charge in [-0.1, -0.05) is 146 Å². The van der Waals surface area contributed by atoms with E-state index in [4.69, 9.17) is 8.83 Å². The molecule has 0 aliphatic carbocycles. The van der Waals surface area contributed by atoms with Gasteiger partial charge in [-0.05, 0) is 102 Å². The molecule has 0 amide bonds. The normalized spacial score (nSPS) is 11.8. The zero-order valence-corrected chi connectivity index (χ0v) is 28.1. The van der Waals surface area contributed by atoms with Gasteiger partial charge in [-0.15, -0.1) is 0 Å². The molecule has 2 heteroatoms. The number of rotatable bonds is 4. The Morgan fingerprint density at radius 2 is 0.885 bits per heavy atom. The van der Waals surface area contributed by atoms with Gasteiger partial charge >= 0.3 is 0 Å². The van der Waals surface area contributed by atoms with Crippen LogP contribution in [0, 0.1) is 0 Å². The van der Waals surface area contributed by atoms with E-state index in [1.807, 2.05) is 6.26 Å². The van der Waals surface area contributed by atoms with E-state index in [2.05, 4.69) is 176 Å². The van der Waals surface area contributed by atoms with Gasteiger partial charge in [0.25, 0.3) is 0 Å². The Hall–Kier alpha value is -6.90. The second-order valence-corrected chi connectivity index (χ2v) is 13.6. The minimum atomic E-state index is 0.852. The van der Waals surface area contributed by atoms with Gasteiger partial charge in [0.15, 0.2) is 0 Å². The molecule has 0 saturated heterocycles. The SMILES string of the molecule is c1ccc(-c2ccccc2-c2c3ccccc3c(-c3ccc4c(c3)oc3cc5c(-c6ccc7ccccc7c6)coc5cc34)c3ccccc23)cc1. The molecule has 242 valence electrons. The van der Waals surface area contributed by atoms with Gasteiger partial charge in [0.2, 0.25) is 0 Å². The molecule has 0 saturated carbocycles. The van der Waals surface area contributed by atoms with Gasteiger partial charge in [-0.3, -0.25) is 0 Å². The molecule has 0 bridgehead atoms. The van der Waals surface area contributed by atoms with E-state index in [-0.39, 0.29) is 0 Å². The van der Waals surface area contributed by atoms with Gasteiger partial charge in [0.05, 0.1) is 6.26 Å². The average molecular weight is 663 g/mol. The monoisotopic (exact) mass is 662 g/mol. The largest absolute Gasteiger partial charge is 0.464 e. The molecule has 9 aromatic carbocycles. The van der Waals surface area contributed by atoms with E-state index in [1.54, 1.807) is 0 Å². The molecule has 11 aromatic rings. The van der Waals surface area contributed by atoms with E-state index in [1.165, 1.54) is 60.1 Å². The maximum Gasteiger partial charge on any atom is 0.136 e. The van der Waals surface area contributed by atoms with Crippen LogP contribution in [0.4, 0.5) is 0 Å². The number of hydrogen-bond donors (Lipinski definition) is 0. The Morgan fingerprint density at radius 1 is 0.288 bits per heavy atom. The fourth-order valence-corrected chi connectivity index (χ4v) is 8.33. The smallest absolute Gasteiger partial charge is 0.136 e. The van der Waals surface area contributed by atoms with Crippen molar-refractivity contribution in [3.63, 3.8) is 0 Å². The summed E-state index contributed by atoms with van der Waals surface area (Å²) in [6.07, 6.45) is 1.87. The van der Waals surface area contributed by atoms with Crippen molar-refractivity contribution >= 4 is 65.2 Å². The van der Waals surface area contributed by atoms with E-state index in [9.17, 15) is 0 Å². The fraction of sp³-hybridized carbons (Fsp3) is 0. The highest BCUT2D eigenvalue weighted by Gasteiger charge is 2.20. The van der Waals surface area contributed by atoms with E-state index in [0.29, 0.717) is 0 Å². The van der Waals surface area contributed by atoms with Crippen LogP contribution in [0.15, 0.2) is 191 Å². The standard InChI is InChI=1S/C50H30O2/c1-2-13-32(14-3-1)36-16-6-7-17-38(36)50-41-20-10-8-18-39(41)49(40-19-9-11-21-42(40)50)35-24-25-37-43-28-46-44(29-48(43)52-47(37)27-35)45(30-51-46)34-23-22-31-12-4-5-15-33(31)26-34/h1-30H. The van der Waals surface area contributed by atoms with Crippen molar-refractivity contribution in [2.45, 2.75) is 0 Å². The minimum Gasteiger partial charge on any atom is -0.464 e. The zero-order valence-electron chi connectivity index (χ0n) is 28.1. The predicted molar refractivity (Wildman–Crippen MR) is 218 cm³/mol. The lowest BCUT2D eigenvalue weighted by Crippen LogP contribution is -1.92. The molecule has 2 nitrogen and oxygen atoms in total. The number of hydrogen-bond acceptors (Lipinski definition) is 2. The molecule has 2 heterocycles. The van der Waals surface area contributed by atoms with Crippen molar-refractivity contribution in [1.29, 1.82) is 0 Å². The highest BCUT2D eigenvalue weighted by Crippen LogP contribution is 2.47. The molecule has 2 aromatic heterocycles. The lowest BCUT2D eigenvalue weighted by molar-refractivity contribution is 0.617. The summed E-state index contributed by atoms with van der Waals surface area (Å²) >= 11 is 0. The molecule has 0 aliphatic rings. The van der Waals surface area contributed by atoms with Gasteiger partial charge < -0.3 is 8.83 Å². The van der Waals surface area contributed by atoms with Gasteiger partial charge in [-0.2, -0.15) is 0 Å². The van der Waals surface area contributed by atoms with E-state index < -0.39 is 0 Å². The molecule has 52 heavy (non-hydrogen) atoms. The van der Waals surface area contributed by atoms with Gasteiger partial charge in [0, 0.05) is 21.7 Å². The third-order valence-corrected chi connectivity index (χ3v) is 10.7. The summed E-state index contributed by atoms with van der Waals surface area (Å²) in [5, 5.41) is 10.5. The summed E-state index contributed by atoms with van der Waals surface area (Å²) in [5.74, 6) is 0. The second-order valence-electron chi connectivity index (χ2n) is 13.6. The Morgan fingerprint density at radius 3 is 1.65 bits per heavy atom. The average Bonchev–Trinajstić information content (AvgIpc) is 3.79. The first-order chi connectivity index (χ1) is 25.8. The molecule has 0 unspecified atom stereocenters. The van der Waals surface area contributed by atoms with Crippen LogP contribution in [0.3, 0.4) is 0 Å². The Kier molecular flexibility index (Phi) is 6.28. The van der Waals surface area contributed by atoms with Gasteiger partial charge in [-0.25, -0.2) is 0 Å². The quantitative estimate of drug-likeness (QED) is 0.175. The van der Waals surface area contributed by atoms with Crippen molar-refractivity contribution in [2.24, 2.45) is 0 Å². The lowest BCUT2D eigenvalue weighted by atomic mass is 9.84. The van der Waals surface area contributed by atoms with Crippen molar-refractivity contribution in [3.8, 4) is 44.5 Å². The van der Waals surface area contributed by atoms with Crippen LogP contribution in [0.2, 0.25) is 0 Å². The molecule has 0 radical (unpaired) electrons. The highest BCUT2D eigenvalue weighted by atomic mass is 16.3. The molecule has 11 rings (SSSR count). The lowest BCUT2D eigenvalue weighted by Gasteiger charge is -2.19. The summed E-state index contributed by atoms with van der Waals surface area (Å²) in [6.45, 7) is 0. The first-order valence-corrected chi connectivity index (χ1v) is 17.7. The molecule has 0 fully saturated rings. The van der Waals surface area contributed by atoms with Crippen molar-refractivity contribution in [1.82, 2.24) is 0 Å². The molecular formula is C50H30O2. The maximum absolute atomic E-state index is 6.69. The number of fused-ring (bicyclic) bond motifs is 7. The summed E-state index contributed by atoms with van der Waals surface area (Å²) in [7, 11) is 0. The highest BCUT2D eigenvalue weighted by molar-refractivity contribution is 6.23. The van der Waals surface area contributed by atoms with E-state index in [0.717, 1.165) is 49.6 Å². The molecular weight excluding hydrogens is 633 g/mol. The van der Waals surface area contributed by atoms with Crippen molar-refractivity contribution < 1.29 is 8.83 Å². The Bertz CT molecular complexity index is 3120. The van der Waals surface area contributed by atoms with Crippen LogP contribution >= 0.6 is 0 Å². The van der Waals surface area contributed by atoms with Crippen LogP contribution in [0.25, 0.3) is 110 Å². The van der Waals surface area contributed by atoms with Crippen molar-refractivity contribution in [2.75, 3.05) is 0 Å². The van der Waals surface area contributed by atoms with Crippen LogP contribution in [0.5, 0.6) is 0 Å². The second kappa shape index (κ2) is 11.3. The van der Waals surface area contributed by atoms with Crippen LogP contribution < -0.4 is 0 Å². The zero-order chi connectivity index (χ0) is 34.2. The number of benzene rings is 9.